The fourth-order valence-corrected chi connectivity index (χ4v) is 2.99. The number of rotatable bonds is 9. The first kappa shape index (κ1) is 16.0. The first-order chi connectivity index (χ1) is 10.2. The average Bonchev–Trinajstić information content (AvgIpc) is 3.21. The summed E-state index contributed by atoms with van der Waals surface area (Å²) in [5.74, 6) is 0.881. The number of nitrogens with one attached hydrogen (secondary N) is 1. The van der Waals surface area contributed by atoms with Crippen molar-refractivity contribution in [1.29, 1.82) is 0 Å². The zero-order valence-corrected chi connectivity index (χ0v) is 13.5. The maximum atomic E-state index is 12.1. The summed E-state index contributed by atoms with van der Waals surface area (Å²) >= 11 is 1.34. The van der Waals surface area contributed by atoms with Gasteiger partial charge in [0.1, 0.15) is 10.7 Å². The molecule has 0 aliphatic heterocycles. The fourth-order valence-electron chi connectivity index (χ4n) is 1.96. The molecule has 0 unspecified atom stereocenters. The Labute approximate surface area is 129 Å². The zero-order chi connectivity index (χ0) is 15.2. The van der Waals surface area contributed by atoms with Crippen LogP contribution in [0.4, 0.5) is 10.9 Å². The van der Waals surface area contributed by atoms with Gasteiger partial charge in [0.2, 0.25) is 0 Å². The number of carbonyl (C=O) groups is 1. The average molecular weight is 312 g/mol. The van der Waals surface area contributed by atoms with Crippen LogP contribution in [0.1, 0.15) is 36.4 Å². The number of anilines is 2. The molecule has 0 atom stereocenters. The number of aromatic nitrogens is 1. The molecule has 7 heteroatoms. The Morgan fingerprint density at radius 3 is 2.81 bits per heavy atom. The van der Waals surface area contributed by atoms with E-state index in [0.717, 1.165) is 30.7 Å². The first-order valence-electron chi connectivity index (χ1n) is 7.52. The van der Waals surface area contributed by atoms with Crippen molar-refractivity contribution in [3.63, 3.8) is 0 Å². The quantitative estimate of drug-likeness (QED) is 0.679. The second kappa shape index (κ2) is 7.61. The predicted octanol–water partition coefficient (Wildman–Crippen LogP) is 1.73. The third-order valence-corrected chi connectivity index (χ3v) is 4.60. The van der Waals surface area contributed by atoms with Gasteiger partial charge in [-0.15, -0.1) is 0 Å². The molecule has 1 aromatic rings. The van der Waals surface area contributed by atoms with Crippen molar-refractivity contribution in [1.82, 2.24) is 10.3 Å². The molecule has 2 rings (SSSR count). The van der Waals surface area contributed by atoms with E-state index < -0.39 is 0 Å². The topological polar surface area (TPSA) is 80.5 Å². The minimum atomic E-state index is -0.168. The third-order valence-electron chi connectivity index (χ3n) is 3.46. The minimum absolute atomic E-state index is 0.168. The lowest BCUT2D eigenvalue weighted by Gasteiger charge is -2.16. The van der Waals surface area contributed by atoms with Crippen molar-refractivity contribution in [3.8, 4) is 0 Å². The van der Waals surface area contributed by atoms with Gasteiger partial charge >= 0.3 is 0 Å². The van der Waals surface area contributed by atoms with Crippen LogP contribution in [-0.2, 0) is 4.74 Å². The SMILES string of the molecule is CCN(CC)c1nc(N)c(C(=O)NCCOCC2CC2)s1. The van der Waals surface area contributed by atoms with Gasteiger partial charge in [-0.1, -0.05) is 11.3 Å². The minimum Gasteiger partial charge on any atom is -0.382 e. The molecule has 21 heavy (non-hydrogen) atoms. The van der Waals surface area contributed by atoms with E-state index in [1.807, 2.05) is 0 Å². The third kappa shape index (κ3) is 4.57. The van der Waals surface area contributed by atoms with Crippen molar-refractivity contribution >= 4 is 28.2 Å². The standard InChI is InChI=1S/C14H24N4O2S/c1-3-18(4-2)14-17-12(15)11(21-14)13(19)16-7-8-20-9-10-5-6-10/h10H,3-9,15H2,1-2H3,(H,16,19). The van der Waals surface area contributed by atoms with Gasteiger partial charge in [-0.25, -0.2) is 4.98 Å². The molecule has 1 heterocycles. The Morgan fingerprint density at radius 2 is 2.19 bits per heavy atom. The van der Waals surface area contributed by atoms with Crippen LogP contribution in [0.5, 0.6) is 0 Å². The van der Waals surface area contributed by atoms with E-state index >= 15 is 0 Å². The normalized spacial score (nSPS) is 14.2. The lowest BCUT2D eigenvalue weighted by molar-refractivity contribution is 0.0911. The smallest absolute Gasteiger partial charge is 0.265 e. The largest absolute Gasteiger partial charge is 0.382 e. The van der Waals surface area contributed by atoms with Gasteiger partial charge in [0.15, 0.2) is 5.13 Å². The van der Waals surface area contributed by atoms with Crippen LogP contribution in [0.25, 0.3) is 0 Å². The molecule has 1 fully saturated rings. The summed E-state index contributed by atoms with van der Waals surface area (Å²) in [5, 5.41) is 3.63. The van der Waals surface area contributed by atoms with Gasteiger partial charge < -0.3 is 20.7 Å². The van der Waals surface area contributed by atoms with Crippen LogP contribution in [0, 0.1) is 5.92 Å². The van der Waals surface area contributed by atoms with E-state index in [-0.39, 0.29) is 5.91 Å². The van der Waals surface area contributed by atoms with Gasteiger partial charge in [0, 0.05) is 26.2 Å². The van der Waals surface area contributed by atoms with Crippen molar-refractivity contribution in [2.45, 2.75) is 26.7 Å². The van der Waals surface area contributed by atoms with E-state index in [9.17, 15) is 4.79 Å². The van der Waals surface area contributed by atoms with Crippen LogP contribution >= 0.6 is 11.3 Å². The van der Waals surface area contributed by atoms with Gasteiger partial charge in [-0.05, 0) is 32.6 Å². The maximum absolute atomic E-state index is 12.1. The number of nitrogen functional groups attached to an aromatic ring is 1. The summed E-state index contributed by atoms with van der Waals surface area (Å²) in [4.78, 5) is 18.9. The van der Waals surface area contributed by atoms with Crippen LogP contribution in [0.3, 0.4) is 0 Å². The molecule has 6 nitrogen and oxygen atoms in total. The van der Waals surface area contributed by atoms with Crippen molar-refractivity contribution < 1.29 is 9.53 Å². The lowest BCUT2D eigenvalue weighted by atomic mass is 10.4. The number of hydrogen-bond donors (Lipinski definition) is 2. The Kier molecular flexibility index (Phi) is 5.81. The summed E-state index contributed by atoms with van der Waals surface area (Å²) in [7, 11) is 0. The zero-order valence-electron chi connectivity index (χ0n) is 12.7. The highest BCUT2D eigenvalue weighted by Crippen LogP contribution is 2.29. The van der Waals surface area contributed by atoms with Gasteiger partial charge in [-0.2, -0.15) is 0 Å². The first-order valence-corrected chi connectivity index (χ1v) is 8.34. The number of ether oxygens (including phenoxy) is 1. The highest BCUT2D eigenvalue weighted by atomic mass is 32.1. The molecule has 1 aliphatic rings. The number of carbonyl (C=O) groups excluding carboxylic acids is 1. The summed E-state index contributed by atoms with van der Waals surface area (Å²) in [6, 6.07) is 0. The van der Waals surface area contributed by atoms with Gasteiger partial charge in [-0.3, -0.25) is 4.79 Å². The number of thiazole rings is 1. The van der Waals surface area contributed by atoms with Crippen LogP contribution in [0.15, 0.2) is 0 Å². The van der Waals surface area contributed by atoms with Crippen LogP contribution in [0.2, 0.25) is 0 Å². The number of nitrogens with zero attached hydrogens (tertiary/aromatic N) is 2. The molecule has 0 spiro atoms. The Hall–Kier alpha value is -1.34. The highest BCUT2D eigenvalue weighted by molar-refractivity contribution is 7.18. The number of hydrogen-bond acceptors (Lipinski definition) is 6. The molecule has 3 N–H and O–H groups in total. The summed E-state index contributed by atoms with van der Waals surface area (Å²) in [6.07, 6.45) is 2.55. The molecule has 1 aromatic heterocycles. The molecule has 0 aromatic carbocycles. The Morgan fingerprint density at radius 1 is 1.48 bits per heavy atom. The molecular formula is C14H24N4O2S. The second-order valence-corrected chi connectivity index (χ2v) is 6.13. The molecule has 1 amide bonds. The van der Waals surface area contributed by atoms with Crippen LogP contribution in [-0.4, -0.2) is 43.7 Å². The van der Waals surface area contributed by atoms with Gasteiger partial charge in [0.05, 0.1) is 6.61 Å². The van der Waals surface area contributed by atoms with Crippen molar-refractivity contribution in [3.05, 3.63) is 4.88 Å². The maximum Gasteiger partial charge on any atom is 0.265 e. The molecular weight excluding hydrogens is 288 g/mol. The monoisotopic (exact) mass is 312 g/mol. The molecule has 1 aliphatic carbocycles. The van der Waals surface area contributed by atoms with Crippen LogP contribution < -0.4 is 16.0 Å². The number of amides is 1. The highest BCUT2D eigenvalue weighted by Gasteiger charge is 2.21. The van der Waals surface area contributed by atoms with E-state index in [1.54, 1.807) is 0 Å². The van der Waals surface area contributed by atoms with Gasteiger partial charge in [0.25, 0.3) is 5.91 Å². The Bertz CT molecular complexity index is 470. The summed E-state index contributed by atoms with van der Waals surface area (Å²) < 4.78 is 5.49. The van der Waals surface area contributed by atoms with E-state index in [2.05, 4.69) is 29.0 Å². The number of nitrogens with two attached hydrogens (primary N) is 1. The summed E-state index contributed by atoms with van der Waals surface area (Å²) in [5.41, 5.74) is 5.85. The molecule has 1 saturated carbocycles. The molecule has 0 bridgehead atoms. The summed E-state index contributed by atoms with van der Waals surface area (Å²) in [6.45, 7) is 7.66. The molecule has 0 radical (unpaired) electrons. The molecule has 118 valence electrons. The van der Waals surface area contributed by atoms with Crippen molar-refractivity contribution in [2.75, 3.05) is 43.5 Å². The van der Waals surface area contributed by atoms with E-state index in [0.29, 0.717) is 23.8 Å². The predicted molar refractivity (Wildman–Crippen MR) is 86.0 cm³/mol. The molecule has 0 saturated heterocycles. The fraction of sp³-hybridized carbons (Fsp3) is 0.714. The lowest BCUT2D eigenvalue weighted by Crippen LogP contribution is -2.27. The van der Waals surface area contributed by atoms with E-state index in [1.165, 1.54) is 24.2 Å². The second-order valence-electron chi connectivity index (χ2n) is 5.16. The Balaban J connectivity index is 1.80. The van der Waals surface area contributed by atoms with Crippen molar-refractivity contribution in [2.24, 2.45) is 5.92 Å². The van der Waals surface area contributed by atoms with E-state index in [4.69, 9.17) is 10.5 Å².